The fourth-order valence-corrected chi connectivity index (χ4v) is 3.31. The molecule has 3 atom stereocenters. The summed E-state index contributed by atoms with van der Waals surface area (Å²) in [5.41, 5.74) is 1.16. The van der Waals surface area contributed by atoms with Gasteiger partial charge in [-0.3, -0.25) is 4.68 Å². The van der Waals surface area contributed by atoms with E-state index in [-0.39, 0.29) is 12.1 Å². The average Bonchev–Trinajstić information content (AvgIpc) is 3.01. The van der Waals surface area contributed by atoms with E-state index in [9.17, 15) is 0 Å². The number of rotatable bonds is 7. The molecule has 0 aliphatic carbocycles. The van der Waals surface area contributed by atoms with Gasteiger partial charge in [0.15, 0.2) is 0 Å². The molecule has 0 saturated carbocycles. The zero-order valence-corrected chi connectivity index (χ0v) is 14.0. The molecule has 6 heteroatoms. The summed E-state index contributed by atoms with van der Waals surface area (Å²) in [6.07, 6.45) is 3.18. The lowest BCUT2D eigenvalue weighted by atomic mass is 9.95. The lowest BCUT2D eigenvalue weighted by Crippen LogP contribution is -2.36. The van der Waals surface area contributed by atoms with Crippen LogP contribution in [0.1, 0.15) is 32.0 Å². The van der Waals surface area contributed by atoms with Gasteiger partial charge in [-0.15, -0.1) is 0 Å². The summed E-state index contributed by atoms with van der Waals surface area (Å²) in [5, 5.41) is 8.01. The van der Waals surface area contributed by atoms with E-state index in [1.54, 1.807) is 7.11 Å². The Bertz CT molecular complexity index is 425. The van der Waals surface area contributed by atoms with Crippen molar-refractivity contribution >= 4 is 15.9 Å². The Kier molecular flexibility index (Phi) is 6.01. The minimum Gasteiger partial charge on any atom is -0.383 e. The fraction of sp³-hybridized carbons (Fsp3) is 0.786. The van der Waals surface area contributed by atoms with Gasteiger partial charge in [-0.05, 0) is 34.8 Å². The lowest BCUT2D eigenvalue weighted by Gasteiger charge is -2.28. The zero-order chi connectivity index (χ0) is 14.5. The number of nitrogens with zero attached hydrogens (tertiary/aromatic N) is 2. The third-order valence-corrected chi connectivity index (χ3v) is 4.44. The average molecular weight is 346 g/mol. The Morgan fingerprint density at radius 3 is 3.05 bits per heavy atom. The first-order chi connectivity index (χ1) is 9.69. The van der Waals surface area contributed by atoms with Gasteiger partial charge >= 0.3 is 0 Å². The van der Waals surface area contributed by atoms with Crippen LogP contribution in [0.2, 0.25) is 0 Å². The maximum absolute atomic E-state index is 5.96. The van der Waals surface area contributed by atoms with E-state index in [1.807, 2.05) is 10.9 Å². The molecule has 1 saturated heterocycles. The number of hydrogen-bond acceptors (Lipinski definition) is 4. The molecule has 20 heavy (non-hydrogen) atoms. The molecule has 0 spiro atoms. The van der Waals surface area contributed by atoms with Crippen molar-refractivity contribution in [3.8, 4) is 0 Å². The number of hydrogen-bond donors (Lipinski definition) is 1. The standard InChI is InChI=1S/C14H24BrN3O2/c1-4-16-12(14-10(2)5-7-20-14)13-11(15)9-17-18(13)6-8-19-3/h9-10,12,14,16H,4-8H2,1-3H3. The summed E-state index contributed by atoms with van der Waals surface area (Å²) in [6.45, 7) is 7.53. The van der Waals surface area contributed by atoms with Crippen LogP contribution in [0.3, 0.4) is 0 Å². The Morgan fingerprint density at radius 2 is 2.45 bits per heavy atom. The molecule has 0 radical (unpaired) electrons. The third-order valence-electron chi connectivity index (χ3n) is 3.83. The predicted octanol–water partition coefficient (Wildman–Crippen LogP) is 2.37. The van der Waals surface area contributed by atoms with Crippen molar-refractivity contribution in [2.24, 2.45) is 5.92 Å². The van der Waals surface area contributed by atoms with Gasteiger partial charge in [0.25, 0.3) is 0 Å². The molecule has 0 aromatic carbocycles. The fourth-order valence-electron chi connectivity index (χ4n) is 2.77. The van der Waals surface area contributed by atoms with E-state index in [0.717, 1.165) is 36.3 Å². The highest BCUT2D eigenvalue weighted by Crippen LogP contribution is 2.34. The smallest absolute Gasteiger partial charge is 0.0811 e. The molecule has 1 aromatic rings. The molecule has 0 amide bonds. The first kappa shape index (κ1) is 15.9. The number of halogens is 1. The summed E-state index contributed by atoms with van der Waals surface area (Å²) in [7, 11) is 1.71. The van der Waals surface area contributed by atoms with Crippen LogP contribution in [-0.2, 0) is 16.0 Å². The number of nitrogens with one attached hydrogen (secondary N) is 1. The van der Waals surface area contributed by atoms with Crippen LogP contribution in [0.15, 0.2) is 10.7 Å². The molecular weight excluding hydrogens is 322 g/mol. The van der Waals surface area contributed by atoms with Gasteiger partial charge in [0, 0.05) is 13.7 Å². The Morgan fingerprint density at radius 1 is 1.65 bits per heavy atom. The van der Waals surface area contributed by atoms with Crippen molar-refractivity contribution < 1.29 is 9.47 Å². The second-order valence-electron chi connectivity index (χ2n) is 5.23. The van der Waals surface area contributed by atoms with Gasteiger partial charge < -0.3 is 14.8 Å². The summed E-state index contributed by atoms with van der Waals surface area (Å²) in [6, 6.07) is 0.159. The SMILES string of the molecule is CCNC(c1c(Br)cnn1CCOC)C1OCCC1C. The van der Waals surface area contributed by atoms with Crippen LogP contribution in [0, 0.1) is 5.92 Å². The van der Waals surface area contributed by atoms with Crippen LogP contribution in [0.25, 0.3) is 0 Å². The quantitative estimate of drug-likeness (QED) is 0.824. The van der Waals surface area contributed by atoms with Gasteiger partial charge in [-0.25, -0.2) is 0 Å². The molecule has 1 aromatic heterocycles. The van der Waals surface area contributed by atoms with E-state index in [4.69, 9.17) is 9.47 Å². The zero-order valence-electron chi connectivity index (χ0n) is 12.4. The van der Waals surface area contributed by atoms with E-state index >= 15 is 0 Å². The molecule has 3 unspecified atom stereocenters. The summed E-state index contributed by atoms with van der Waals surface area (Å²) >= 11 is 3.63. The van der Waals surface area contributed by atoms with Crippen LogP contribution in [-0.4, -0.2) is 42.8 Å². The molecule has 2 heterocycles. The van der Waals surface area contributed by atoms with Gasteiger partial charge in [-0.1, -0.05) is 13.8 Å². The van der Waals surface area contributed by atoms with Gasteiger partial charge in [0.1, 0.15) is 0 Å². The maximum atomic E-state index is 5.96. The first-order valence-electron chi connectivity index (χ1n) is 7.24. The molecule has 5 nitrogen and oxygen atoms in total. The van der Waals surface area contributed by atoms with Crippen LogP contribution in [0.4, 0.5) is 0 Å². The van der Waals surface area contributed by atoms with E-state index < -0.39 is 0 Å². The Balaban J connectivity index is 2.26. The molecule has 114 valence electrons. The van der Waals surface area contributed by atoms with Crippen molar-refractivity contribution in [1.29, 1.82) is 0 Å². The lowest BCUT2D eigenvalue weighted by molar-refractivity contribution is 0.0576. The molecule has 2 rings (SSSR count). The van der Waals surface area contributed by atoms with Gasteiger partial charge in [0.05, 0.1) is 41.7 Å². The van der Waals surface area contributed by atoms with E-state index in [2.05, 4.69) is 40.2 Å². The molecular formula is C14H24BrN3O2. The number of ether oxygens (including phenoxy) is 2. The highest BCUT2D eigenvalue weighted by molar-refractivity contribution is 9.10. The highest BCUT2D eigenvalue weighted by Gasteiger charge is 2.35. The van der Waals surface area contributed by atoms with Crippen molar-refractivity contribution in [3.63, 3.8) is 0 Å². The van der Waals surface area contributed by atoms with Crippen LogP contribution < -0.4 is 5.32 Å². The first-order valence-corrected chi connectivity index (χ1v) is 8.03. The normalized spacial score (nSPS) is 24.2. The number of methoxy groups -OCH3 is 1. The number of likely N-dealkylation sites (N-methyl/N-ethyl adjacent to an activating group) is 1. The molecule has 1 N–H and O–H groups in total. The van der Waals surface area contributed by atoms with Gasteiger partial charge in [-0.2, -0.15) is 5.10 Å². The third kappa shape index (κ3) is 3.42. The number of aromatic nitrogens is 2. The Hall–Kier alpha value is -0.430. The summed E-state index contributed by atoms with van der Waals surface area (Å²) < 4.78 is 14.2. The topological polar surface area (TPSA) is 48.3 Å². The monoisotopic (exact) mass is 345 g/mol. The van der Waals surface area contributed by atoms with E-state index in [1.165, 1.54) is 0 Å². The van der Waals surface area contributed by atoms with Gasteiger partial charge in [0.2, 0.25) is 0 Å². The molecule has 1 fully saturated rings. The van der Waals surface area contributed by atoms with Crippen molar-refractivity contribution in [2.45, 2.75) is 39.0 Å². The minimum atomic E-state index is 0.159. The molecule has 1 aliphatic rings. The molecule has 1 aliphatic heterocycles. The molecule has 0 bridgehead atoms. The van der Waals surface area contributed by atoms with E-state index in [0.29, 0.717) is 12.5 Å². The highest BCUT2D eigenvalue weighted by atomic mass is 79.9. The minimum absolute atomic E-state index is 0.159. The largest absolute Gasteiger partial charge is 0.383 e. The summed E-state index contributed by atoms with van der Waals surface area (Å²) in [4.78, 5) is 0. The Labute approximate surface area is 129 Å². The van der Waals surface area contributed by atoms with Crippen LogP contribution in [0.5, 0.6) is 0 Å². The van der Waals surface area contributed by atoms with Crippen LogP contribution >= 0.6 is 15.9 Å². The van der Waals surface area contributed by atoms with Crippen molar-refractivity contribution in [2.75, 3.05) is 26.9 Å². The predicted molar refractivity (Wildman–Crippen MR) is 81.7 cm³/mol. The van der Waals surface area contributed by atoms with Crippen molar-refractivity contribution in [1.82, 2.24) is 15.1 Å². The summed E-state index contributed by atoms with van der Waals surface area (Å²) in [5.74, 6) is 0.553. The maximum Gasteiger partial charge on any atom is 0.0811 e. The van der Waals surface area contributed by atoms with Crippen molar-refractivity contribution in [3.05, 3.63) is 16.4 Å². The second kappa shape index (κ2) is 7.54. The second-order valence-corrected chi connectivity index (χ2v) is 6.08.